The maximum absolute atomic E-state index is 12.6. The number of nitrogens with one attached hydrogen (secondary N) is 1. The van der Waals surface area contributed by atoms with E-state index in [0.29, 0.717) is 11.6 Å². The third-order valence-corrected chi connectivity index (χ3v) is 4.71. The van der Waals surface area contributed by atoms with E-state index in [1.165, 1.54) is 0 Å². The fourth-order valence-electron chi connectivity index (χ4n) is 2.87. The zero-order chi connectivity index (χ0) is 19.4. The third kappa shape index (κ3) is 4.31. The molecule has 0 fully saturated rings. The van der Waals surface area contributed by atoms with Gasteiger partial charge in [0, 0.05) is 23.5 Å². The van der Waals surface area contributed by atoms with Gasteiger partial charge in [0.15, 0.2) is 6.61 Å². The Hall–Kier alpha value is -2.79. The fourth-order valence-corrected chi connectivity index (χ4v) is 3.16. The summed E-state index contributed by atoms with van der Waals surface area (Å²) in [5.41, 5.74) is 1.92. The monoisotopic (exact) mass is 384 g/mol. The molecule has 1 N–H and O–H groups in total. The zero-order valence-electron chi connectivity index (χ0n) is 15.2. The number of esters is 1. The first-order valence-corrected chi connectivity index (χ1v) is 9.12. The highest BCUT2D eigenvalue weighted by Crippen LogP contribution is 2.27. The van der Waals surface area contributed by atoms with Gasteiger partial charge >= 0.3 is 5.97 Å². The lowest BCUT2D eigenvalue weighted by Crippen LogP contribution is -2.39. The Morgan fingerprint density at radius 3 is 2.41 bits per heavy atom. The van der Waals surface area contributed by atoms with Crippen molar-refractivity contribution in [3.63, 3.8) is 0 Å². The van der Waals surface area contributed by atoms with Crippen LogP contribution in [0.5, 0.6) is 0 Å². The van der Waals surface area contributed by atoms with E-state index in [1.54, 1.807) is 4.90 Å². The molecule has 1 aromatic heterocycles. The van der Waals surface area contributed by atoms with Crippen molar-refractivity contribution in [2.24, 2.45) is 0 Å². The predicted octanol–water partition coefficient (Wildman–Crippen LogP) is 4.42. The number of aromatic amines is 1. The molecule has 140 valence electrons. The highest BCUT2D eigenvalue weighted by atomic mass is 35.5. The number of H-pyrrole nitrogens is 1. The quantitative estimate of drug-likeness (QED) is 0.640. The lowest BCUT2D eigenvalue weighted by molar-refractivity contribution is -0.136. The van der Waals surface area contributed by atoms with Crippen LogP contribution in [-0.4, -0.2) is 34.4 Å². The molecule has 0 aliphatic rings. The Kier molecular flexibility index (Phi) is 5.81. The lowest BCUT2D eigenvalue weighted by atomic mass is 10.2. The van der Waals surface area contributed by atoms with Gasteiger partial charge in [-0.1, -0.05) is 60.1 Å². The molecule has 0 saturated carbocycles. The van der Waals surface area contributed by atoms with E-state index in [0.717, 1.165) is 16.5 Å². The second-order valence-electron chi connectivity index (χ2n) is 6.54. The van der Waals surface area contributed by atoms with Crippen molar-refractivity contribution in [3.8, 4) is 0 Å². The number of fused-ring (bicyclic) bond motifs is 1. The number of halogens is 1. The number of hydrogen-bond donors (Lipinski definition) is 1. The first kappa shape index (κ1) is 19.0. The van der Waals surface area contributed by atoms with E-state index in [2.05, 4.69) is 4.98 Å². The highest BCUT2D eigenvalue weighted by Gasteiger charge is 2.22. The number of carbonyl (C=O) groups is 2. The zero-order valence-corrected chi connectivity index (χ0v) is 16.0. The second kappa shape index (κ2) is 8.27. The predicted molar refractivity (Wildman–Crippen MR) is 106 cm³/mol. The van der Waals surface area contributed by atoms with Crippen molar-refractivity contribution < 1.29 is 14.3 Å². The molecule has 3 rings (SSSR count). The number of benzene rings is 2. The van der Waals surface area contributed by atoms with Gasteiger partial charge in [0.05, 0.1) is 5.02 Å². The van der Waals surface area contributed by atoms with Gasteiger partial charge in [-0.05, 0) is 25.5 Å². The van der Waals surface area contributed by atoms with Crippen molar-refractivity contribution in [2.45, 2.75) is 26.4 Å². The highest BCUT2D eigenvalue weighted by molar-refractivity contribution is 6.38. The van der Waals surface area contributed by atoms with E-state index in [4.69, 9.17) is 16.3 Å². The molecule has 0 bridgehead atoms. The standard InChI is InChI=1S/C21H21ClN2O3/c1-14(2)24(12-15-8-4-3-5-9-15)18(25)13-27-21(26)20-19(22)16-10-6-7-11-17(16)23-20/h3-11,14,23H,12-13H2,1-2H3. The summed E-state index contributed by atoms with van der Waals surface area (Å²) in [6.07, 6.45) is 0. The summed E-state index contributed by atoms with van der Waals surface area (Å²) in [6.45, 7) is 3.98. The van der Waals surface area contributed by atoms with Crippen LogP contribution in [0.1, 0.15) is 29.9 Å². The van der Waals surface area contributed by atoms with Crippen LogP contribution < -0.4 is 0 Å². The molecule has 0 aliphatic heterocycles. The second-order valence-corrected chi connectivity index (χ2v) is 6.91. The summed E-state index contributed by atoms with van der Waals surface area (Å²) in [6, 6.07) is 17.0. The molecule has 3 aromatic rings. The van der Waals surface area contributed by atoms with Gasteiger partial charge in [-0.25, -0.2) is 4.79 Å². The summed E-state index contributed by atoms with van der Waals surface area (Å²) >= 11 is 6.26. The van der Waals surface area contributed by atoms with Crippen LogP contribution in [-0.2, 0) is 16.1 Å². The van der Waals surface area contributed by atoms with Crippen LogP contribution in [0.15, 0.2) is 54.6 Å². The number of carbonyl (C=O) groups excluding carboxylic acids is 2. The molecule has 6 heteroatoms. The summed E-state index contributed by atoms with van der Waals surface area (Å²) in [5.74, 6) is -0.901. The van der Waals surface area contributed by atoms with Crippen molar-refractivity contribution in [3.05, 3.63) is 70.9 Å². The van der Waals surface area contributed by atoms with Crippen molar-refractivity contribution >= 4 is 34.4 Å². The van der Waals surface area contributed by atoms with Gasteiger partial charge in [0.1, 0.15) is 5.69 Å². The molecule has 0 radical (unpaired) electrons. The Morgan fingerprint density at radius 1 is 1.07 bits per heavy atom. The summed E-state index contributed by atoms with van der Waals surface area (Å²) < 4.78 is 5.22. The number of amides is 1. The van der Waals surface area contributed by atoms with Crippen LogP contribution >= 0.6 is 11.6 Å². The smallest absolute Gasteiger partial charge is 0.356 e. The topological polar surface area (TPSA) is 62.4 Å². The SMILES string of the molecule is CC(C)N(Cc1ccccc1)C(=O)COC(=O)c1[nH]c2ccccc2c1Cl. The minimum atomic E-state index is -0.645. The Balaban J connectivity index is 1.67. The van der Waals surface area contributed by atoms with Gasteiger partial charge < -0.3 is 14.6 Å². The van der Waals surface area contributed by atoms with Crippen LogP contribution in [0.4, 0.5) is 0 Å². The van der Waals surface area contributed by atoms with Crippen LogP contribution in [0.2, 0.25) is 5.02 Å². The van der Waals surface area contributed by atoms with Crippen LogP contribution in [0, 0.1) is 0 Å². The van der Waals surface area contributed by atoms with E-state index in [-0.39, 0.29) is 24.2 Å². The molecule has 0 atom stereocenters. The average molecular weight is 385 g/mol. The number of para-hydroxylation sites is 1. The van der Waals surface area contributed by atoms with Crippen molar-refractivity contribution in [1.82, 2.24) is 9.88 Å². The molecule has 0 saturated heterocycles. The summed E-state index contributed by atoms with van der Waals surface area (Å²) in [5, 5.41) is 1.04. The largest absolute Gasteiger partial charge is 0.451 e. The third-order valence-electron chi connectivity index (χ3n) is 4.31. The van der Waals surface area contributed by atoms with E-state index in [9.17, 15) is 9.59 Å². The lowest BCUT2D eigenvalue weighted by Gasteiger charge is -2.26. The van der Waals surface area contributed by atoms with Gasteiger partial charge in [-0.3, -0.25) is 4.79 Å². The van der Waals surface area contributed by atoms with E-state index in [1.807, 2.05) is 68.4 Å². The van der Waals surface area contributed by atoms with Crippen molar-refractivity contribution in [2.75, 3.05) is 6.61 Å². The van der Waals surface area contributed by atoms with Gasteiger partial charge in [-0.15, -0.1) is 0 Å². The molecule has 1 amide bonds. The maximum atomic E-state index is 12.6. The summed E-state index contributed by atoms with van der Waals surface area (Å²) in [7, 11) is 0. The molecule has 0 aliphatic carbocycles. The van der Waals surface area contributed by atoms with E-state index >= 15 is 0 Å². The number of ether oxygens (including phenoxy) is 1. The number of rotatable bonds is 6. The Labute approximate surface area is 162 Å². The van der Waals surface area contributed by atoms with Crippen LogP contribution in [0.3, 0.4) is 0 Å². The molecule has 5 nitrogen and oxygen atoms in total. The molecule has 0 spiro atoms. The van der Waals surface area contributed by atoms with Gasteiger partial charge in [0.2, 0.25) is 0 Å². The van der Waals surface area contributed by atoms with E-state index < -0.39 is 5.97 Å². The fraction of sp³-hybridized carbons (Fsp3) is 0.238. The molecular weight excluding hydrogens is 364 g/mol. The molecule has 2 aromatic carbocycles. The molecule has 1 heterocycles. The van der Waals surface area contributed by atoms with Crippen molar-refractivity contribution in [1.29, 1.82) is 0 Å². The normalized spacial score (nSPS) is 11.0. The Morgan fingerprint density at radius 2 is 1.74 bits per heavy atom. The van der Waals surface area contributed by atoms with Crippen LogP contribution in [0.25, 0.3) is 10.9 Å². The average Bonchev–Trinajstić information content (AvgIpc) is 3.01. The minimum absolute atomic E-state index is 0.0203. The first-order chi connectivity index (χ1) is 13.0. The Bertz CT molecular complexity index is 950. The minimum Gasteiger partial charge on any atom is -0.451 e. The van der Waals surface area contributed by atoms with Gasteiger partial charge in [0.25, 0.3) is 5.91 Å². The molecule has 0 unspecified atom stereocenters. The summed E-state index contributed by atoms with van der Waals surface area (Å²) in [4.78, 5) is 29.6. The number of aromatic nitrogens is 1. The number of nitrogens with zero attached hydrogens (tertiary/aromatic N) is 1. The molecule has 27 heavy (non-hydrogen) atoms. The first-order valence-electron chi connectivity index (χ1n) is 8.74. The molecular formula is C21H21ClN2O3. The maximum Gasteiger partial charge on any atom is 0.356 e. The number of hydrogen-bond acceptors (Lipinski definition) is 3. The van der Waals surface area contributed by atoms with Gasteiger partial charge in [-0.2, -0.15) is 0 Å².